The summed E-state index contributed by atoms with van der Waals surface area (Å²) in [7, 11) is 0. The molecule has 1 spiro atoms. The van der Waals surface area contributed by atoms with Gasteiger partial charge in [0, 0.05) is 23.3 Å². The molecule has 2 saturated heterocycles. The van der Waals surface area contributed by atoms with E-state index < -0.39 is 11.6 Å². The first-order valence-electron chi connectivity index (χ1n) is 8.11. The Balaban J connectivity index is 1.48. The number of fused-ring (bicyclic) bond motifs is 1. The van der Waals surface area contributed by atoms with E-state index in [0.717, 1.165) is 24.8 Å². The Hall–Kier alpha value is -1.89. The van der Waals surface area contributed by atoms with Crippen LogP contribution in [0.15, 0.2) is 5.38 Å². The molecule has 7 heteroatoms. The van der Waals surface area contributed by atoms with Crippen LogP contribution in [0.4, 0.5) is 4.79 Å². The zero-order valence-electron chi connectivity index (χ0n) is 12.8. The van der Waals surface area contributed by atoms with Gasteiger partial charge in [0.15, 0.2) is 0 Å². The minimum Gasteiger partial charge on any atom is -0.338 e. The molecule has 4 amide bonds. The van der Waals surface area contributed by atoms with E-state index >= 15 is 0 Å². The third-order valence-corrected chi connectivity index (χ3v) is 6.30. The van der Waals surface area contributed by atoms with Gasteiger partial charge in [-0.3, -0.25) is 14.9 Å². The topological polar surface area (TPSA) is 78.5 Å². The minimum atomic E-state index is -0.818. The van der Waals surface area contributed by atoms with Gasteiger partial charge in [0.2, 0.25) is 0 Å². The summed E-state index contributed by atoms with van der Waals surface area (Å²) in [5.41, 5.74) is 1.26. The molecule has 1 aromatic heterocycles. The van der Waals surface area contributed by atoms with Crippen LogP contribution in [0.1, 0.15) is 46.5 Å². The Morgan fingerprint density at radius 1 is 1.17 bits per heavy atom. The summed E-state index contributed by atoms with van der Waals surface area (Å²) >= 11 is 1.70. The quantitative estimate of drug-likeness (QED) is 0.764. The Kier molecular flexibility index (Phi) is 3.41. The number of carbonyl (C=O) groups excluding carboxylic acids is 3. The molecule has 1 aromatic rings. The summed E-state index contributed by atoms with van der Waals surface area (Å²) in [5.74, 6) is -0.188. The Labute approximate surface area is 138 Å². The fourth-order valence-electron chi connectivity index (χ4n) is 3.82. The number of aryl methyl sites for hydroxylation is 1. The maximum Gasteiger partial charge on any atom is 0.322 e. The van der Waals surface area contributed by atoms with E-state index in [-0.39, 0.29) is 11.8 Å². The van der Waals surface area contributed by atoms with Gasteiger partial charge < -0.3 is 10.2 Å². The molecule has 2 fully saturated rings. The van der Waals surface area contributed by atoms with E-state index in [1.54, 1.807) is 11.3 Å². The number of thiophene rings is 1. The molecule has 2 N–H and O–H groups in total. The average molecular weight is 333 g/mol. The Morgan fingerprint density at radius 3 is 2.61 bits per heavy atom. The number of piperidine rings is 1. The first kappa shape index (κ1) is 14.7. The van der Waals surface area contributed by atoms with Crippen LogP contribution in [0.25, 0.3) is 0 Å². The number of nitrogens with one attached hydrogen (secondary N) is 2. The number of carbonyl (C=O) groups is 3. The van der Waals surface area contributed by atoms with E-state index in [1.807, 2.05) is 10.3 Å². The molecule has 2 aliphatic heterocycles. The second kappa shape index (κ2) is 5.33. The molecule has 0 radical (unpaired) electrons. The smallest absolute Gasteiger partial charge is 0.322 e. The van der Waals surface area contributed by atoms with Gasteiger partial charge in [-0.15, -0.1) is 11.3 Å². The lowest BCUT2D eigenvalue weighted by molar-refractivity contribution is -0.125. The number of nitrogens with zero attached hydrogens (tertiary/aromatic N) is 1. The number of likely N-dealkylation sites (tertiary alicyclic amines) is 1. The number of urea groups is 1. The molecule has 0 aromatic carbocycles. The number of hydrogen-bond donors (Lipinski definition) is 2. The van der Waals surface area contributed by atoms with Crippen molar-refractivity contribution in [3.8, 4) is 0 Å². The highest BCUT2D eigenvalue weighted by atomic mass is 32.1. The zero-order chi connectivity index (χ0) is 16.0. The van der Waals surface area contributed by atoms with Crippen LogP contribution in [0.3, 0.4) is 0 Å². The monoisotopic (exact) mass is 333 g/mol. The van der Waals surface area contributed by atoms with Gasteiger partial charge in [-0.05, 0) is 44.1 Å². The van der Waals surface area contributed by atoms with Gasteiger partial charge >= 0.3 is 6.03 Å². The lowest BCUT2D eigenvalue weighted by atomic mass is 9.87. The number of imide groups is 1. The fraction of sp³-hybridized carbons (Fsp3) is 0.562. The highest BCUT2D eigenvalue weighted by molar-refractivity contribution is 7.10. The van der Waals surface area contributed by atoms with E-state index in [2.05, 4.69) is 10.6 Å². The van der Waals surface area contributed by atoms with Crippen molar-refractivity contribution in [1.29, 1.82) is 0 Å². The molecular weight excluding hydrogens is 314 g/mol. The molecule has 3 heterocycles. The van der Waals surface area contributed by atoms with Crippen LogP contribution < -0.4 is 10.6 Å². The molecule has 6 nitrogen and oxygen atoms in total. The minimum absolute atomic E-state index is 0.0731. The molecule has 0 unspecified atom stereocenters. The van der Waals surface area contributed by atoms with Crippen molar-refractivity contribution in [2.45, 2.75) is 44.1 Å². The number of hydrogen-bond acceptors (Lipinski definition) is 4. The van der Waals surface area contributed by atoms with Crippen LogP contribution in [-0.2, 0) is 17.6 Å². The van der Waals surface area contributed by atoms with E-state index in [4.69, 9.17) is 0 Å². The van der Waals surface area contributed by atoms with Crippen LogP contribution in [0.2, 0.25) is 0 Å². The zero-order valence-corrected chi connectivity index (χ0v) is 13.6. The third-order valence-electron chi connectivity index (χ3n) is 5.21. The summed E-state index contributed by atoms with van der Waals surface area (Å²) < 4.78 is 0. The highest BCUT2D eigenvalue weighted by Crippen LogP contribution is 2.32. The molecule has 23 heavy (non-hydrogen) atoms. The van der Waals surface area contributed by atoms with Crippen molar-refractivity contribution in [3.05, 3.63) is 21.4 Å². The first-order valence-corrected chi connectivity index (χ1v) is 8.99. The highest BCUT2D eigenvalue weighted by Gasteiger charge is 2.48. The molecule has 3 aliphatic rings. The fourth-order valence-corrected chi connectivity index (χ4v) is 4.93. The van der Waals surface area contributed by atoms with Crippen LogP contribution in [0, 0.1) is 0 Å². The maximum absolute atomic E-state index is 12.8. The molecule has 0 bridgehead atoms. The van der Waals surface area contributed by atoms with Crippen molar-refractivity contribution in [2.75, 3.05) is 13.1 Å². The van der Waals surface area contributed by atoms with Gasteiger partial charge in [0.25, 0.3) is 11.8 Å². The van der Waals surface area contributed by atoms with Crippen LogP contribution in [0.5, 0.6) is 0 Å². The molecule has 4 rings (SSSR count). The summed E-state index contributed by atoms with van der Waals surface area (Å²) in [6.07, 6.45) is 5.39. The van der Waals surface area contributed by atoms with Gasteiger partial charge in [-0.25, -0.2) is 4.79 Å². The maximum atomic E-state index is 12.8. The predicted molar refractivity (Wildman–Crippen MR) is 85.5 cm³/mol. The van der Waals surface area contributed by atoms with Crippen LogP contribution >= 0.6 is 11.3 Å². The largest absolute Gasteiger partial charge is 0.338 e. The Morgan fingerprint density at radius 2 is 1.91 bits per heavy atom. The first-order chi connectivity index (χ1) is 11.1. The van der Waals surface area contributed by atoms with Gasteiger partial charge in [-0.2, -0.15) is 0 Å². The predicted octanol–water partition coefficient (Wildman–Crippen LogP) is 1.44. The Bertz CT molecular complexity index is 689. The molecular formula is C16H19N3O3S. The SMILES string of the molecule is O=C1NC(=O)C2(CCN(C(=O)c3csc4c3CCCC4)CC2)N1. The van der Waals surface area contributed by atoms with Crippen molar-refractivity contribution in [2.24, 2.45) is 0 Å². The van der Waals surface area contributed by atoms with Gasteiger partial charge in [0.1, 0.15) is 5.54 Å². The van der Waals surface area contributed by atoms with Crippen molar-refractivity contribution < 1.29 is 14.4 Å². The second-order valence-electron chi connectivity index (χ2n) is 6.54. The molecule has 0 atom stereocenters. The van der Waals surface area contributed by atoms with E-state index in [1.165, 1.54) is 16.9 Å². The van der Waals surface area contributed by atoms with Crippen molar-refractivity contribution in [3.63, 3.8) is 0 Å². The van der Waals surface area contributed by atoms with E-state index in [0.29, 0.717) is 25.9 Å². The standard InChI is InChI=1S/C16H19N3O3S/c20-13(11-9-23-12-4-2-1-3-10(11)12)19-7-5-16(6-8-19)14(21)17-15(22)18-16/h9H,1-8H2,(H2,17,18,21,22). The summed E-state index contributed by atoms with van der Waals surface area (Å²) in [6.45, 7) is 0.994. The summed E-state index contributed by atoms with van der Waals surface area (Å²) in [4.78, 5) is 39.3. The normalized spacial score (nSPS) is 22.7. The third kappa shape index (κ3) is 2.34. The van der Waals surface area contributed by atoms with Crippen LogP contribution in [-0.4, -0.2) is 41.4 Å². The van der Waals surface area contributed by atoms with E-state index in [9.17, 15) is 14.4 Å². The number of rotatable bonds is 1. The van der Waals surface area contributed by atoms with Crippen molar-refractivity contribution >= 4 is 29.2 Å². The second-order valence-corrected chi connectivity index (χ2v) is 7.50. The van der Waals surface area contributed by atoms with Gasteiger partial charge in [0.05, 0.1) is 5.56 Å². The lowest BCUT2D eigenvalue weighted by Gasteiger charge is -2.37. The summed E-state index contributed by atoms with van der Waals surface area (Å²) in [5, 5.41) is 7.02. The molecule has 0 saturated carbocycles. The summed E-state index contributed by atoms with van der Waals surface area (Å²) in [6, 6.07) is -0.429. The number of amides is 4. The molecule has 122 valence electrons. The molecule has 1 aliphatic carbocycles. The van der Waals surface area contributed by atoms with Crippen molar-refractivity contribution in [1.82, 2.24) is 15.5 Å². The average Bonchev–Trinajstić information content (AvgIpc) is 3.09. The van der Waals surface area contributed by atoms with Gasteiger partial charge in [-0.1, -0.05) is 0 Å². The lowest BCUT2D eigenvalue weighted by Crippen LogP contribution is -2.55.